The van der Waals surface area contributed by atoms with Crippen LogP contribution in [0, 0.1) is 5.92 Å². The molecule has 1 amide bonds. The topological polar surface area (TPSA) is 52.2 Å². The van der Waals surface area contributed by atoms with E-state index in [1.807, 2.05) is 0 Å². The zero-order valence-electron chi connectivity index (χ0n) is 14.9. The lowest BCUT2D eigenvalue weighted by Gasteiger charge is -2.33. The first kappa shape index (κ1) is 16.1. The zero-order valence-corrected chi connectivity index (χ0v) is 14.9. The maximum Gasteiger partial charge on any atom is 0.236 e. The molecule has 0 bridgehead atoms. The molecule has 132 valence electrons. The predicted octanol–water partition coefficient (Wildman–Crippen LogP) is 2.68. The Balaban J connectivity index is 1.43. The molecule has 0 unspecified atom stereocenters. The minimum Gasteiger partial charge on any atom is -0.344 e. The standard InChI is InChI=1S/C19H30N4O/c1-14-6-4-11-23(12-14)18(24)13-22-10-5-9-17(22)19-20-15-7-2-3-8-16(15)21-19/h14,17H,2-13H2,1H3,(H,20,21)/t14-,17+/m0/s1. The number of amides is 1. The Morgan fingerprint density at radius 1 is 1.17 bits per heavy atom. The maximum absolute atomic E-state index is 12.7. The van der Waals surface area contributed by atoms with Gasteiger partial charge in [0.1, 0.15) is 5.82 Å². The molecule has 0 aromatic carbocycles. The lowest BCUT2D eigenvalue weighted by atomic mass is 10.0. The van der Waals surface area contributed by atoms with Gasteiger partial charge in [-0.3, -0.25) is 9.69 Å². The number of piperidine rings is 1. The Kier molecular flexibility index (Phi) is 4.61. The van der Waals surface area contributed by atoms with Crippen molar-refractivity contribution in [3.63, 3.8) is 0 Å². The third-order valence-corrected chi connectivity index (χ3v) is 6.00. The van der Waals surface area contributed by atoms with Gasteiger partial charge in [0.2, 0.25) is 5.91 Å². The second-order valence-corrected chi connectivity index (χ2v) is 7.97. The van der Waals surface area contributed by atoms with Crippen molar-refractivity contribution < 1.29 is 4.79 Å². The van der Waals surface area contributed by atoms with E-state index in [9.17, 15) is 4.79 Å². The van der Waals surface area contributed by atoms with Crippen LogP contribution in [-0.4, -0.2) is 51.9 Å². The van der Waals surface area contributed by atoms with Crippen molar-refractivity contribution in [1.29, 1.82) is 0 Å². The monoisotopic (exact) mass is 330 g/mol. The summed E-state index contributed by atoms with van der Waals surface area (Å²) in [5.41, 5.74) is 2.62. The fraction of sp³-hybridized carbons (Fsp3) is 0.789. The minimum absolute atomic E-state index is 0.307. The third kappa shape index (κ3) is 3.23. The summed E-state index contributed by atoms with van der Waals surface area (Å²) in [5.74, 6) is 2.07. The molecule has 4 rings (SSSR count). The zero-order chi connectivity index (χ0) is 16.5. The first-order valence-corrected chi connectivity index (χ1v) is 9.80. The molecule has 5 heteroatoms. The normalized spacial score (nSPS) is 28.1. The Bertz CT molecular complexity index is 573. The maximum atomic E-state index is 12.7. The molecular formula is C19H30N4O. The van der Waals surface area contributed by atoms with Crippen molar-refractivity contribution in [2.24, 2.45) is 5.92 Å². The number of aromatic nitrogens is 2. The molecule has 0 saturated carbocycles. The molecule has 1 aromatic heterocycles. The van der Waals surface area contributed by atoms with E-state index in [2.05, 4.69) is 21.7 Å². The summed E-state index contributed by atoms with van der Waals surface area (Å²) in [5, 5.41) is 0. The molecule has 24 heavy (non-hydrogen) atoms. The van der Waals surface area contributed by atoms with Crippen LogP contribution < -0.4 is 0 Å². The molecule has 3 heterocycles. The molecule has 1 aliphatic carbocycles. The quantitative estimate of drug-likeness (QED) is 0.927. The van der Waals surface area contributed by atoms with E-state index in [1.165, 1.54) is 37.1 Å². The fourth-order valence-electron chi connectivity index (χ4n) is 4.65. The average molecular weight is 330 g/mol. The number of H-pyrrole nitrogens is 1. The van der Waals surface area contributed by atoms with E-state index >= 15 is 0 Å². The van der Waals surface area contributed by atoms with Crippen LogP contribution >= 0.6 is 0 Å². The fourth-order valence-corrected chi connectivity index (χ4v) is 4.65. The van der Waals surface area contributed by atoms with Gasteiger partial charge in [-0.25, -0.2) is 4.98 Å². The van der Waals surface area contributed by atoms with Gasteiger partial charge in [0.15, 0.2) is 0 Å². The highest BCUT2D eigenvalue weighted by Crippen LogP contribution is 2.32. The van der Waals surface area contributed by atoms with E-state index in [-0.39, 0.29) is 0 Å². The molecule has 2 fully saturated rings. The lowest BCUT2D eigenvalue weighted by molar-refractivity contribution is -0.134. The van der Waals surface area contributed by atoms with Crippen LogP contribution in [0.3, 0.4) is 0 Å². The van der Waals surface area contributed by atoms with Gasteiger partial charge in [0.05, 0.1) is 18.3 Å². The van der Waals surface area contributed by atoms with Crippen molar-refractivity contribution in [3.05, 3.63) is 17.2 Å². The van der Waals surface area contributed by atoms with Crippen LogP contribution in [0.1, 0.15) is 68.7 Å². The van der Waals surface area contributed by atoms with E-state index in [1.54, 1.807) is 0 Å². The SMILES string of the molecule is C[C@H]1CCCN(C(=O)CN2CCC[C@@H]2c2nc3c([nH]2)CCCC3)C1. The molecular weight excluding hydrogens is 300 g/mol. The number of nitrogens with zero attached hydrogens (tertiary/aromatic N) is 3. The lowest BCUT2D eigenvalue weighted by Crippen LogP contribution is -2.44. The van der Waals surface area contributed by atoms with E-state index < -0.39 is 0 Å². The van der Waals surface area contributed by atoms with Crippen molar-refractivity contribution in [2.45, 2.75) is 64.3 Å². The molecule has 0 radical (unpaired) electrons. The molecule has 2 atom stereocenters. The van der Waals surface area contributed by atoms with Crippen LogP contribution in [0.4, 0.5) is 0 Å². The van der Waals surface area contributed by atoms with Crippen LogP contribution in [0.15, 0.2) is 0 Å². The van der Waals surface area contributed by atoms with Crippen molar-refractivity contribution in [1.82, 2.24) is 19.8 Å². The summed E-state index contributed by atoms with van der Waals surface area (Å²) >= 11 is 0. The number of rotatable bonds is 3. The molecule has 3 aliphatic rings. The molecule has 5 nitrogen and oxygen atoms in total. The largest absolute Gasteiger partial charge is 0.344 e. The van der Waals surface area contributed by atoms with Crippen molar-refractivity contribution in [3.8, 4) is 0 Å². The van der Waals surface area contributed by atoms with E-state index in [0.717, 1.165) is 51.1 Å². The number of aromatic amines is 1. The Hall–Kier alpha value is -1.36. The second-order valence-electron chi connectivity index (χ2n) is 7.97. The summed E-state index contributed by atoms with van der Waals surface area (Å²) < 4.78 is 0. The number of hydrogen-bond donors (Lipinski definition) is 1. The number of carbonyl (C=O) groups is 1. The van der Waals surface area contributed by atoms with Crippen LogP contribution in [0.25, 0.3) is 0 Å². The highest BCUT2D eigenvalue weighted by Gasteiger charge is 2.32. The summed E-state index contributed by atoms with van der Waals surface area (Å²) in [6.07, 6.45) is 9.49. The van der Waals surface area contributed by atoms with Crippen molar-refractivity contribution >= 4 is 5.91 Å². The first-order valence-electron chi connectivity index (χ1n) is 9.80. The summed E-state index contributed by atoms with van der Waals surface area (Å²) in [6.45, 7) is 5.71. The van der Waals surface area contributed by atoms with Gasteiger partial charge >= 0.3 is 0 Å². The molecule has 2 saturated heterocycles. The number of nitrogens with one attached hydrogen (secondary N) is 1. The number of fused-ring (bicyclic) bond motifs is 1. The minimum atomic E-state index is 0.307. The Labute approximate surface area is 144 Å². The molecule has 0 spiro atoms. The molecule has 1 N–H and O–H groups in total. The van der Waals surface area contributed by atoms with Crippen LogP contribution in [-0.2, 0) is 17.6 Å². The van der Waals surface area contributed by atoms with Crippen LogP contribution in [0.2, 0.25) is 0 Å². The summed E-state index contributed by atoms with van der Waals surface area (Å²) in [4.78, 5) is 25.6. The summed E-state index contributed by atoms with van der Waals surface area (Å²) in [7, 11) is 0. The van der Waals surface area contributed by atoms with E-state index in [4.69, 9.17) is 4.98 Å². The number of carbonyl (C=O) groups excluding carboxylic acids is 1. The highest BCUT2D eigenvalue weighted by molar-refractivity contribution is 5.78. The van der Waals surface area contributed by atoms with Gasteiger partial charge in [-0.2, -0.15) is 0 Å². The van der Waals surface area contributed by atoms with Gasteiger partial charge in [0, 0.05) is 18.8 Å². The van der Waals surface area contributed by atoms with Gasteiger partial charge < -0.3 is 9.88 Å². The number of hydrogen-bond acceptors (Lipinski definition) is 3. The Morgan fingerprint density at radius 3 is 2.83 bits per heavy atom. The third-order valence-electron chi connectivity index (χ3n) is 6.00. The predicted molar refractivity (Wildman–Crippen MR) is 93.8 cm³/mol. The number of aryl methyl sites for hydroxylation is 2. The highest BCUT2D eigenvalue weighted by atomic mass is 16.2. The smallest absolute Gasteiger partial charge is 0.236 e. The van der Waals surface area contributed by atoms with Gasteiger partial charge in [0.25, 0.3) is 0 Å². The first-order chi connectivity index (χ1) is 11.7. The Morgan fingerprint density at radius 2 is 2.00 bits per heavy atom. The van der Waals surface area contributed by atoms with Gasteiger partial charge in [-0.1, -0.05) is 6.92 Å². The van der Waals surface area contributed by atoms with E-state index in [0.29, 0.717) is 24.4 Å². The molecule has 2 aliphatic heterocycles. The second kappa shape index (κ2) is 6.87. The number of likely N-dealkylation sites (tertiary alicyclic amines) is 2. The van der Waals surface area contributed by atoms with Crippen LogP contribution in [0.5, 0.6) is 0 Å². The molecule has 1 aromatic rings. The summed E-state index contributed by atoms with van der Waals surface area (Å²) in [6, 6.07) is 0.307. The average Bonchev–Trinajstić information content (AvgIpc) is 3.20. The number of imidazole rings is 1. The van der Waals surface area contributed by atoms with Gasteiger partial charge in [-0.15, -0.1) is 0 Å². The van der Waals surface area contributed by atoms with Gasteiger partial charge in [-0.05, 0) is 63.8 Å². The van der Waals surface area contributed by atoms with Crippen molar-refractivity contribution in [2.75, 3.05) is 26.2 Å².